The fourth-order valence-electron chi connectivity index (χ4n) is 2.47. The van der Waals surface area contributed by atoms with Crippen molar-refractivity contribution < 1.29 is 13.3 Å². The summed E-state index contributed by atoms with van der Waals surface area (Å²) in [6.07, 6.45) is 1.51. The molecule has 0 spiro atoms. The van der Waals surface area contributed by atoms with E-state index in [2.05, 4.69) is 10.3 Å². The Morgan fingerprint density at radius 1 is 1.12 bits per heavy atom. The van der Waals surface area contributed by atoms with Crippen molar-refractivity contribution in [3.05, 3.63) is 65.9 Å². The lowest BCUT2D eigenvalue weighted by Gasteiger charge is -2.08. The summed E-state index contributed by atoms with van der Waals surface area (Å²) in [6.45, 7) is 2.02. The lowest BCUT2D eigenvalue weighted by Crippen LogP contribution is -2.12. The van der Waals surface area contributed by atoms with Crippen molar-refractivity contribution in [2.24, 2.45) is 10.3 Å². The topological polar surface area (TPSA) is 99.6 Å². The molecule has 8 heteroatoms. The van der Waals surface area contributed by atoms with Gasteiger partial charge in [-0.1, -0.05) is 35.0 Å². The summed E-state index contributed by atoms with van der Waals surface area (Å²) in [7, 11) is -2.28. The molecule has 0 amide bonds. The summed E-state index contributed by atoms with van der Waals surface area (Å²) in [5.74, 6) is 0. The number of primary sulfonamides is 1. The van der Waals surface area contributed by atoms with Gasteiger partial charge in [-0.2, -0.15) is 5.10 Å². The Kier molecular flexibility index (Phi) is 4.88. The van der Waals surface area contributed by atoms with E-state index in [0.29, 0.717) is 11.4 Å². The SMILES string of the molecule is CO/N=C/c1cc(-c2ccc(C)cc2)n(-c2ccc(S(N)(=O)=O)cc2)n1. The van der Waals surface area contributed by atoms with E-state index in [1.165, 1.54) is 25.5 Å². The molecule has 0 bridgehead atoms. The van der Waals surface area contributed by atoms with Gasteiger partial charge in [0.1, 0.15) is 12.8 Å². The van der Waals surface area contributed by atoms with Gasteiger partial charge in [0.2, 0.25) is 10.0 Å². The van der Waals surface area contributed by atoms with E-state index in [9.17, 15) is 8.42 Å². The number of oxime groups is 1. The van der Waals surface area contributed by atoms with E-state index in [1.54, 1.807) is 16.8 Å². The van der Waals surface area contributed by atoms with Gasteiger partial charge in [-0.05, 0) is 37.3 Å². The molecule has 2 aromatic carbocycles. The molecule has 7 nitrogen and oxygen atoms in total. The fraction of sp³-hybridized carbons (Fsp3) is 0.111. The Labute approximate surface area is 151 Å². The maximum atomic E-state index is 11.4. The van der Waals surface area contributed by atoms with Gasteiger partial charge >= 0.3 is 0 Å². The summed E-state index contributed by atoms with van der Waals surface area (Å²) in [5, 5.41) is 13.4. The summed E-state index contributed by atoms with van der Waals surface area (Å²) in [6, 6.07) is 16.1. The third kappa shape index (κ3) is 3.81. The van der Waals surface area contributed by atoms with Gasteiger partial charge < -0.3 is 4.84 Å². The zero-order valence-electron chi connectivity index (χ0n) is 14.3. The van der Waals surface area contributed by atoms with Crippen molar-refractivity contribution in [1.29, 1.82) is 0 Å². The van der Waals surface area contributed by atoms with Gasteiger partial charge in [0.25, 0.3) is 0 Å². The highest BCUT2D eigenvalue weighted by atomic mass is 32.2. The quantitative estimate of drug-likeness (QED) is 0.551. The van der Waals surface area contributed by atoms with Crippen molar-refractivity contribution in [2.45, 2.75) is 11.8 Å². The average Bonchev–Trinajstić information content (AvgIpc) is 3.04. The molecule has 0 unspecified atom stereocenters. The predicted octanol–water partition coefficient (Wildman–Crippen LogP) is 2.48. The molecule has 0 radical (unpaired) electrons. The smallest absolute Gasteiger partial charge is 0.238 e. The fourth-order valence-corrected chi connectivity index (χ4v) is 2.99. The standard InChI is InChI=1S/C18H18N4O3S/c1-13-3-5-14(6-4-13)18-11-15(12-20-25-2)21-22(18)16-7-9-17(10-8-16)26(19,23)24/h3-12H,1-2H3,(H2,19,23,24)/b20-12+. The first-order chi connectivity index (χ1) is 12.4. The Bertz CT molecular complexity index is 1040. The lowest BCUT2D eigenvalue weighted by molar-refractivity contribution is 0.215. The molecule has 1 aromatic heterocycles. The van der Waals surface area contributed by atoms with Gasteiger partial charge in [0.05, 0.1) is 22.5 Å². The number of hydrogen-bond donors (Lipinski definition) is 1. The third-order valence-corrected chi connectivity index (χ3v) is 4.71. The molecule has 0 atom stereocenters. The maximum absolute atomic E-state index is 11.4. The molecular weight excluding hydrogens is 352 g/mol. The average molecular weight is 370 g/mol. The van der Waals surface area contributed by atoms with Crippen molar-refractivity contribution in [3.8, 4) is 16.9 Å². The minimum absolute atomic E-state index is 0.0476. The van der Waals surface area contributed by atoms with Gasteiger partial charge in [0.15, 0.2) is 0 Å². The van der Waals surface area contributed by atoms with E-state index in [1.807, 2.05) is 37.3 Å². The van der Waals surface area contributed by atoms with Crippen LogP contribution in [-0.4, -0.2) is 31.5 Å². The van der Waals surface area contributed by atoms with Crippen molar-refractivity contribution in [2.75, 3.05) is 7.11 Å². The van der Waals surface area contributed by atoms with Crippen LogP contribution in [0.4, 0.5) is 0 Å². The number of rotatable bonds is 5. The zero-order chi connectivity index (χ0) is 18.7. The zero-order valence-corrected chi connectivity index (χ0v) is 15.1. The van der Waals surface area contributed by atoms with Crippen molar-refractivity contribution in [1.82, 2.24) is 9.78 Å². The van der Waals surface area contributed by atoms with Crippen LogP contribution in [0.3, 0.4) is 0 Å². The number of aryl methyl sites for hydroxylation is 1. The molecule has 0 aliphatic rings. The molecule has 0 aliphatic heterocycles. The molecule has 1 heterocycles. The van der Waals surface area contributed by atoms with Crippen LogP contribution in [0, 0.1) is 6.92 Å². The maximum Gasteiger partial charge on any atom is 0.238 e. The Balaban J connectivity index is 2.11. The molecule has 3 rings (SSSR count). The van der Waals surface area contributed by atoms with E-state index in [0.717, 1.165) is 16.8 Å². The Morgan fingerprint density at radius 3 is 2.35 bits per heavy atom. The number of nitrogens with two attached hydrogens (primary N) is 1. The third-order valence-electron chi connectivity index (χ3n) is 3.78. The largest absolute Gasteiger partial charge is 0.399 e. The van der Waals surface area contributed by atoms with Crippen LogP contribution in [0.2, 0.25) is 0 Å². The lowest BCUT2D eigenvalue weighted by atomic mass is 10.1. The number of sulfonamides is 1. The van der Waals surface area contributed by atoms with E-state index in [-0.39, 0.29) is 4.90 Å². The van der Waals surface area contributed by atoms with Crippen molar-refractivity contribution in [3.63, 3.8) is 0 Å². The summed E-state index contributed by atoms with van der Waals surface area (Å²) in [5.41, 5.74) is 4.27. The highest BCUT2D eigenvalue weighted by Gasteiger charge is 2.13. The van der Waals surface area contributed by atoms with Gasteiger partial charge in [0, 0.05) is 5.56 Å². The summed E-state index contributed by atoms with van der Waals surface area (Å²) < 4.78 is 24.6. The molecule has 0 saturated heterocycles. The first-order valence-corrected chi connectivity index (χ1v) is 9.30. The van der Waals surface area contributed by atoms with Crippen LogP contribution in [0.15, 0.2) is 64.6 Å². The molecule has 0 fully saturated rings. The van der Waals surface area contributed by atoms with Crippen LogP contribution in [-0.2, 0) is 14.9 Å². The van der Waals surface area contributed by atoms with Crippen LogP contribution in [0.5, 0.6) is 0 Å². The second-order valence-electron chi connectivity index (χ2n) is 5.69. The normalized spacial score (nSPS) is 11.8. The predicted molar refractivity (Wildman–Crippen MR) is 99.7 cm³/mol. The van der Waals surface area contributed by atoms with Gasteiger partial charge in [-0.3, -0.25) is 0 Å². The van der Waals surface area contributed by atoms with Crippen LogP contribution < -0.4 is 5.14 Å². The van der Waals surface area contributed by atoms with E-state index in [4.69, 9.17) is 9.98 Å². The first kappa shape index (κ1) is 17.8. The number of benzene rings is 2. The number of aromatic nitrogens is 2. The molecule has 0 saturated carbocycles. The summed E-state index contributed by atoms with van der Waals surface area (Å²) in [4.78, 5) is 4.76. The van der Waals surface area contributed by atoms with Gasteiger partial charge in [-0.15, -0.1) is 0 Å². The molecule has 134 valence electrons. The van der Waals surface area contributed by atoms with Crippen LogP contribution in [0.1, 0.15) is 11.3 Å². The number of nitrogens with zero attached hydrogens (tertiary/aromatic N) is 3. The highest BCUT2D eigenvalue weighted by molar-refractivity contribution is 7.89. The molecular formula is C18H18N4O3S. The Hall–Kier alpha value is -2.97. The van der Waals surface area contributed by atoms with E-state index >= 15 is 0 Å². The summed E-state index contributed by atoms with van der Waals surface area (Å²) >= 11 is 0. The molecule has 0 aliphatic carbocycles. The van der Waals surface area contributed by atoms with Crippen LogP contribution >= 0.6 is 0 Å². The molecule has 26 heavy (non-hydrogen) atoms. The Morgan fingerprint density at radius 2 is 1.77 bits per heavy atom. The van der Waals surface area contributed by atoms with Crippen molar-refractivity contribution >= 4 is 16.2 Å². The minimum Gasteiger partial charge on any atom is -0.399 e. The highest BCUT2D eigenvalue weighted by Crippen LogP contribution is 2.24. The number of hydrogen-bond acceptors (Lipinski definition) is 5. The monoisotopic (exact) mass is 370 g/mol. The van der Waals surface area contributed by atoms with E-state index < -0.39 is 10.0 Å². The van der Waals surface area contributed by atoms with Gasteiger partial charge in [-0.25, -0.2) is 18.2 Å². The second kappa shape index (κ2) is 7.11. The second-order valence-corrected chi connectivity index (χ2v) is 7.25. The van der Waals surface area contributed by atoms with Crippen LogP contribution in [0.25, 0.3) is 16.9 Å². The minimum atomic E-state index is -3.74. The molecule has 3 aromatic rings. The first-order valence-electron chi connectivity index (χ1n) is 7.75. The molecule has 2 N–H and O–H groups in total.